The van der Waals surface area contributed by atoms with Crippen LogP contribution >= 0.6 is 0 Å². The molecule has 1 amide bonds. The molecule has 1 rings (SSSR count). The maximum atomic E-state index is 11.8. The molecule has 0 saturated carbocycles. The lowest BCUT2D eigenvalue weighted by atomic mass is 10.1. The zero-order valence-corrected chi connectivity index (χ0v) is 9.81. The van der Waals surface area contributed by atoms with Gasteiger partial charge in [0, 0.05) is 18.2 Å². The predicted molar refractivity (Wildman–Crippen MR) is 65.8 cm³/mol. The highest BCUT2D eigenvalue weighted by Crippen LogP contribution is 2.20. The van der Waals surface area contributed by atoms with Gasteiger partial charge in [0.05, 0.1) is 5.69 Å². The van der Waals surface area contributed by atoms with Gasteiger partial charge in [-0.25, -0.2) is 0 Å². The molecule has 0 aliphatic rings. The maximum absolute atomic E-state index is 11.8. The standard InChI is InChI=1S/C12H18N2O3/c1-2-9(5-6-15)14-12(17)8-3-4-10(13)11(16)7-8/h3-4,7,9,15-16H,2,5-6,13H2,1H3,(H,14,17). The summed E-state index contributed by atoms with van der Waals surface area (Å²) < 4.78 is 0. The van der Waals surface area contributed by atoms with Crippen molar-refractivity contribution in [3.05, 3.63) is 23.8 Å². The number of anilines is 1. The molecular weight excluding hydrogens is 220 g/mol. The highest BCUT2D eigenvalue weighted by atomic mass is 16.3. The molecule has 0 radical (unpaired) electrons. The second kappa shape index (κ2) is 6.10. The van der Waals surface area contributed by atoms with Crippen molar-refractivity contribution in [1.82, 2.24) is 5.32 Å². The van der Waals surface area contributed by atoms with Crippen LogP contribution in [0.4, 0.5) is 5.69 Å². The third kappa shape index (κ3) is 3.64. The molecule has 17 heavy (non-hydrogen) atoms. The fourth-order valence-electron chi connectivity index (χ4n) is 1.49. The summed E-state index contributed by atoms with van der Waals surface area (Å²) in [6.45, 7) is 1.97. The van der Waals surface area contributed by atoms with Crippen LogP contribution in [0.5, 0.6) is 5.75 Å². The van der Waals surface area contributed by atoms with Gasteiger partial charge in [-0.05, 0) is 31.0 Å². The largest absolute Gasteiger partial charge is 0.506 e. The normalized spacial score (nSPS) is 12.1. The number of phenolic OH excluding ortho intramolecular Hbond substituents is 1. The van der Waals surface area contributed by atoms with Gasteiger partial charge >= 0.3 is 0 Å². The van der Waals surface area contributed by atoms with Crippen molar-refractivity contribution < 1.29 is 15.0 Å². The second-order valence-electron chi connectivity index (χ2n) is 3.86. The van der Waals surface area contributed by atoms with E-state index in [4.69, 9.17) is 10.8 Å². The Morgan fingerprint density at radius 1 is 1.53 bits per heavy atom. The van der Waals surface area contributed by atoms with E-state index in [0.717, 1.165) is 6.42 Å². The van der Waals surface area contributed by atoms with Crippen LogP contribution in [0.15, 0.2) is 18.2 Å². The molecule has 0 aromatic heterocycles. The molecule has 1 unspecified atom stereocenters. The topological polar surface area (TPSA) is 95.6 Å². The van der Waals surface area contributed by atoms with Crippen molar-refractivity contribution in [2.45, 2.75) is 25.8 Å². The Labute approximate surface area is 100 Å². The summed E-state index contributed by atoms with van der Waals surface area (Å²) >= 11 is 0. The van der Waals surface area contributed by atoms with Crippen LogP contribution in [0.1, 0.15) is 30.1 Å². The van der Waals surface area contributed by atoms with Crippen LogP contribution in [0, 0.1) is 0 Å². The van der Waals surface area contributed by atoms with E-state index in [1.165, 1.54) is 12.1 Å². The van der Waals surface area contributed by atoms with Crippen LogP contribution in [-0.2, 0) is 0 Å². The van der Waals surface area contributed by atoms with E-state index in [9.17, 15) is 9.90 Å². The number of aliphatic hydroxyl groups excluding tert-OH is 1. The SMILES string of the molecule is CCC(CCO)NC(=O)c1ccc(N)c(O)c1. The first-order valence-corrected chi connectivity index (χ1v) is 5.58. The van der Waals surface area contributed by atoms with Gasteiger partial charge in [0.25, 0.3) is 5.91 Å². The van der Waals surface area contributed by atoms with Crippen molar-refractivity contribution in [2.24, 2.45) is 0 Å². The average Bonchev–Trinajstić information content (AvgIpc) is 2.31. The second-order valence-corrected chi connectivity index (χ2v) is 3.86. The van der Waals surface area contributed by atoms with Crippen molar-refractivity contribution in [1.29, 1.82) is 0 Å². The molecule has 0 bridgehead atoms. The van der Waals surface area contributed by atoms with Gasteiger partial charge in [0.1, 0.15) is 5.75 Å². The third-order valence-electron chi connectivity index (χ3n) is 2.60. The fraction of sp³-hybridized carbons (Fsp3) is 0.417. The van der Waals surface area contributed by atoms with Crippen LogP contribution in [0.3, 0.4) is 0 Å². The number of aliphatic hydroxyl groups is 1. The number of hydrogen-bond acceptors (Lipinski definition) is 4. The monoisotopic (exact) mass is 238 g/mol. The lowest BCUT2D eigenvalue weighted by Gasteiger charge is -2.15. The Kier molecular flexibility index (Phi) is 4.78. The molecule has 5 heteroatoms. The van der Waals surface area contributed by atoms with Gasteiger partial charge in [0.15, 0.2) is 0 Å². The minimum Gasteiger partial charge on any atom is -0.506 e. The minimum absolute atomic E-state index is 0.0335. The third-order valence-corrected chi connectivity index (χ3v) is 2.60. The number of nitrogen functional groups attached to an aromatic ring is 1. The summed E-state index contributed by atoms with van der Waals surface area (Å²) in [6, 6.07) is 4.30. The number of aromatic hydroxyl groups is 1. The summed E-state index contributed by atoms with van der Waals surface area (Å²) in [7, 11) is 0. The number of carbonyl (C=O) groups is 1. The molecule has 1 aromatic rings. The summed E-state index contributed by atoms with van der Waals surface area (Å²) in [5.41, 5.74) is 6.04. The summed E-state index contributed by atoms with van der Waals surface area (Å²) in [5.74, 6) is -0.381. The van der Waals surface area contributed by atoms with Gasteiger partial charge in [-0.15, -0.1) is 0 Å². The van der Waals surface area contributed by atoms with Gasteiger partial charge in [-0.1, -0.05) is 6.92 Å². The molecule has 0 fully saturated rings. The lowest BCUT2D eigenvalue weighted by molar-refractivity contribution is 0.0928. The molecule has 0 heterocycles. The Balaban J connectivity index is 2.72. The number of rotatable bonds is 5. The fourth-order valence-corrected chi connectivity index (χ4v) is 1.49. The van der Waals surface area contributed by atoms with Crippen LogP contribution in [0.25, 0.3) is 0 Å². The number of nitrogens with two attached hydrogens (primary N) is 1. The molecule has 1 aromatic carbocycles. The number of hydrogen-bond donors (Lipinski definition) is 4. The zero-order chi connectivity index (χ0) is 12.8. The first-order valence-electron chi connectivity index (χ1n) is 5.58. The predicted octanol–water partition coefficient (Wildman–Crippen LogP) is 0.865. The molecule has 0 aliphatic carbocycles. The quantitative estimate of drug-likeness (QED) is 0.452. The van der Waals surface area contributed by atoms with E-state index in [-0.39, 0.29) is 30.0 Å². The van der Waals surface area contributed by atoms with Crippen molar-refractivity contribution >= 4 is 11.6 Å². The lowest BCUT2D eigenvalue weighted by Crippen LogP contribution is -2.35. The molecule has 0 aliphatic heterocycles. The average molecular weight is 238 g/mol. The Morgan fingerprint density at radius 3 is 2.76 bits per heavy atom. The summed E-state index contributed by atoms with van der Waals surface area (Å²) in [4.78, 5) is 11.8. The highest BCUT2D eigenvalue weighted by Gasteiger charge is 2.12. The summed E-state index contributed by atoms with van der Waals surface area (Å²) in [5, 5.41) is 21.0. The van der Waals surface area contributed by atoms with E-state index >= 15 is 0 Å². The molecule has 5 N–H and O–H groups in total. The van der Waals surface area contributed by atoms with Crippen LogP contribution in [0.2, 0.25) is 0 Å². The summed E-state index contributed by atoms with van der Waals surface area (Å²) in [6.07, 6.45) is 1.26. The molecule has 94 valence electrons. The number of benzene rings is 1. The number of phenols is 1. The van der Waals surface area contributed by atoms with E-state index in [1.54, 1.807) is 6.07 Å². The van der Waals surface area contributed by atoms with Gasteiger partial charge in [0.2, 0.25) is 0 Å². The van der Waals surface area contributed by atoms with Crippen molar-refractivity contribution in [2.75, 3.05) is 12.3 Å². The number of amides is 1. The van der Waals surface area contributed by atoms with Crippen LogP contribution in [-0.4, -0.2) is 28.8 Å². The van der Waals surface area contributed by atoms with Gasteiger partial charge in [-0.3, -0.25) is 4.79 Å². The van der Waals surface area contributed by atoms with Crippen LogP contribution < -0.4 is 11.1 Å². The molecule has 5 nitrogen and oxygen atoms in total. The van der Waals surface area contributed by atoms with E-state index < -0.39 is 0 Å². The van der Waals surface area contributed by atoms with Gasteiger partial charge < -0.3 is 21.3 Å². The smallest absolute Gasteiger partial charge is 0.251 e. The highest BCUT2D eigenvalue weighted by molar-refractivity contribution is 5.95. The molecular formula is C12H18N2O3. The first-order chi connectivity index (χ1) is 8.08. The number of carbonyl (C=O) groups excluding carboxylic acids is 1. The molecule has 0 saturated heterocycles. The zero-order valence-electron chi connectivity index (χ0n) is 9.81. The number of nitrogens with one attached hydrogen (secondary N) is 1. The Morgan fingerprint density at radius 2 is 2.24 bits per heavy atom. The van der Waals surface area contributed by atoms with Crippen molar-refractivity contribution in [3.8, 4) is 5.75 Å². The maximum Gasteiger partial charge on any atom is 0.251 e. The van der Waals surface area contributed by atoms with Crippen molar-refractivity contribution in [3.63, 3.8) is 0 Å². The van der Waals surface area contributed by atoms with E-state index in [1.807, 2.05) is 6.92 Å². The Bertz CT molecular complexity index is 393. The molecule has 1 atom stereocenters. The van der Waals surface area contributed by atoms with E-state index in [2.05, 4.69) is 5.32 Å². The van der Waals surface area contributed by atoms with Gasteiger partial charge in [-0.2, -0.15) is 0 Å². The first kappa shape index (κ1) is 13.3. The molecule has 0 spiro atoms. The Hall–Kier alpha value is -1.75. The van der Waals surface area contributed by atoms with E-state index in [0.29, 0.717) is 12.0 Å². The minimum atomic E-state index is -0.277.